The summed E-state index contributed by atoms with van der Waals surface area (Å²) in [4.78, 5) is 0. The van der Waals surface area contributed by atoms with E-state index in [2.05, 4.69) is 87.1 Å². The van der Waals surface area contributed by atoms with Gasteiger partial charge >= 0.3 is 0 Å². The number of ether oxygens (including phenoxy) is 2. The maximum atomic E-state index is 6.81. The van der Waals surface area contributed by atoms with Gasteiger partial charge in [0.15, 0.2) is 6.20 Å². The summed E-state index contributed by atoms with van der Waals surface area (Å²) in [7, 11) is 2.15. The SMILES string of the molecule is Cc1ccc2c(C)c3c(c(C)c2c1)-c1c2c(cc4cc(C5CCOCC5)ccc4c2cc[n+]1C)O3. The highest BCUT2D eigenvalue weighted by Gasteiger charge is 2.32. The number of benzene rings is 4. The smallest absolute Gasteiger partial charge is 0.228 e. The minimum Gasteiger partial charge on any atom is -0.455 e. The third-order valence-electron chi connectivity index (χ3n) is 8.29. The Kier molecular flexibility index (Phi) is 4.50. The third kappa shape index (κ3) is 2.98. The predicted octanol–water partition coefficient (Wildman–Crippen LogP) is 7.56. The lowest BCUT2D eigenvalue weighted by Crippen LogP contribution is -2.32. The van der Waals surface area contributed by atoms with E-state index in [1.54, 1.807) is 0 Å². The number of hydrogen-bond acceptors (Lipinski definition) is 2. The van der Waals surface area contributed by atoms with Gasteiger partial charge in [-0.1, -0.05) is 42.0 Å². The van der Waals surface area contributed by atoms with Crippen molar-refractivity contribution < 1.29 is 14.0 Å². The lowest BCUT2D eigenvalue weighted by Gasteiger charge is -2.25. The van der Waals surface area contributed by atoms with Crippen LogP contribution in [0.1, 0.15) is 41.0 Å². The second kappa shape index (κ2) is 7.53. The van der Waals surface area contributed by atoms with Gasteiger partial charge in [0.2, 0.25) is 5.69 Å². The molecule has 0 radical (unpaired) electrons. The van der Waals surface area contributed by atoms with Crippen molar-refractivity contribution in [1.82, 2.24) is 0 Å². The molecule has 3 heteroatoms. The molecule has 2 aliphatic heterocycles. The summed E-state index contributed by atoms with van der Waals surface area (Å²) in [5, 5.41) is 7.60. The van der Waals surface area contributed by atoms with Crippen molar-refractivity contribution in [2.45, 2.75) is 39.5 Å². The molecule has 0 amide bonds. The molecule has 7 rings (SSSR count). The van der Waals surface area contributed by atoms with Crippen molar-refractivity contribution in [3.63, 3.8) is 0 Å². The molecule has 1 saturated heterocycles. The van der Waals surface area contributed by atoms with E-state index in [4.69, 9.17) is 9.47 Å². The summed E-state index contributed by atoms with van der Waals surface area (Å²) in [6, 6.07) is 18.3. The molecule has 0 spiro atoms. The van der Waals surface area contributed by atoms with Gasteiger partial charge in [-0.15, -0.1) is 0 Å². The minimum atomic E-state index is 0.575. The van der Waals surface area contributed by atoms with Gasteiger partial charge in [0.05, 0.1) is 10.9 Å². The quantitative estimate of drug-likeness (QED) is 0.187. The van der Waals surface area contributed by atoms with E-state index in [0.717, 1.165) is 37.6 Å². The van der Waals surface area contributed by atoms with Gasteiger partial charge in [-0.25, -0.2) is 4.57 Å². The molecular formula is C32H30NO2+. The number of rotatable bonds is 1. The van der Waals surface area contributed by atoms with Crippen molar-refractivity contribution >= 4 is 32.3 Å². The van der Waals surface area contributed by atoms with Crippen LogP contribution in [-0.4, -0.2) is 13.2 Å². The number of fused-ring (bicyclic) bond motifs is 5. The molecule has 4 aromatic carbocycles. The van der Waals surface area contributed by atoms with Gasteiger partial charge in [-0.05, 0) is 78.3 Å². The van der Waals surface area contributed by atoms with Gasteiger partial charge in [0, 0.05) is 30.2 Å². The van der Waals surface area contributed by atoms with E-state index < -0.39 is 0 Å². The summed E-state index contributed by atoms with van der Waals surface area (Å²) in [5.74, 6) is 2.53. The first-order chi connectivity index (χ1) is 17.0. The molecule has 0 atom stereocenters. The molecule has 5 aromatic rings. The molecule has 0 bridgehead atoms. The Labute approximate surface area is 205 Å². The van der Waals surface area contributed by atoms with E-state index in [9.17, 15) is 0 Å². The summed E-state index contributed by atoms with van der Waals surface area (Å²) < 4.78 is 14.7. The van der Waals surface area contributed by atoms with Gasteiger partial charge in [-0.2, -0.15) is 0 Å². The van der Waals surface area contributed by atoms with Crippen molar-refractivity contribution in [2.24, 2.45) is 7.05 Å². The number of hydrogen-bond donors (Lipinski definition) is 0. The number of nitrogens with zero attached hydrogens (tertiary/aromatic N) is 1. The Hall–Kier alpha value is -3.43. The highest BCUT2D eigenvalue weighted by Crippen LogP contribution is 2.51. The minimum absolute atomic E-state index is 0.575. The zero-order chi connectivity index (χ0) is 23.8. The van der Waals surface area contributed by atoms with Gasteiger partial charge in [0.25, 0.3) is 0 Å². The molecule has 0 unspecified atom stereocenters. The Morgan fingerprint density at radius 2 is 1.60 bits per heavy atom. The van der Waals surface area contributed by atoms with Crippen molar-refractivity contribution in [3.05, 3.63) is 77.0 Å². The average molecular weight is 461 g/mol. The zero-order valence-electron chi connectivity index (χ0n) is 20.9. The molecule has 1 fully saturated rings. The Morgan fingerprint density at radius 1 is 0.800 bits per heavy atom. The van der Waals surface area contributed by atoms with Crippen LogP contribution in [0.3, 0.4) is 0 Å². The molecule has 2 aliphatic rings. The van der Waals surface area contributed by atoms with Gasteiger partial charge in [-0.3, -0.25) is 0 Å². The van der Waals surface area contributed by atoms with E-state index >= 15 is 0 Å². The van der Waals surface area contributed by atoms with Gasteiger partial charge in [0.1, 0.15) is 18.5 Å². The molecule has 0 aliphatic carbocycles. The van der Waals surface area contributed by atoms with Crippen LogP contribution in [0.2, 0.25) is 0 Å². The Balaban J connectivity index is 1.54. The maximum Gasteiger partial charge on any atom is 0.228 e. The van der Waals surface area contributed by atoms with Crippen LogP contribution in [0.5, 0.6) is 11.5 Å². The second-order valence-corrected chi connectivity index (χ2v) is 10.4. The zero-order valence-corrected chi connectivity index (χ0v) is 20.9. The van der Waals surface area contributed by atoms with Crippen LogP contribution in [0, 0.1) is 20.8 Å². The van der Waals surface area contributed by atoms with Crippen LogP contribution in [-0.2, 0) is 11.8 Å². The molecule has 0 N–H and O–H groups in total. The number of aromatic nitrogens is 1. The fourth-order valence-electron chi connectivity index (χ4n) is 6.38. The predicted molar refractivity (Wildman–Crippen MR) is 143 cm³/mol. The summed E-state index contributed by atoms with van der Waals surface area (Å²) >= 11 is 0. The lowest BCUT2D eigenvalue weighted by molar-refractivity contribution is -0.659. The van der Waals surface area contributed by atoms with Crippen LogP contribution >= 0.6 is 0 Å². The van der Waals surface area contributed by atoms with E-state index in [1.807, 2.05) is 0 Å². The van der Waals surface area contributed by atoms with Crippen LogP contribution in [0.25, 0.3) is 43.6 Å². The molecule has 1 aromatic heterocycles. The van der Waals surface area contributed by atoms with Crippen molar-refractivity contribution in [3.8, 4) is 22.8 Å². The third-order valence-corrected chi connectivity index (χ3v) is 8.29. The van der Waals surface area contributed by atoms with Crippen molar-refractivity contribution in [1.29, 1.82) is 0 Å². The Bertz CT molecular complexity index is 1690. The number of pyridine rings is 1. The normalized spacial score (nSPS) is 15.5. The molecule has 174 valence electrons. The first-order valence-corrected chi connectivity index (χ1v) is 12.7. The molecule has 3 heterocycles. The maximum absolute atomic E-state index is 6.81. The molecule has 35 heavy (non-hydrogen) atoms. The molecular weight excluding hydrogens is 430 g/mol. The number of aryl methyl sites for hydroxylation is 4. The molecule has 0 saturated carbocycles. The average Bonchev–Trinajstić information content (AvgIpc) is 2.88. The topological polar surface area (TPSA) is 22.3 Å². The largest absolute Gasteiger partial charge is 0.455 e. The van der Waals surface area contributed by atoms with Crippen molar-refractivity contribution in [2.75, 3.05) is 13.2 Å². The lowest BCUT2D eigenvalue weighted by atomic mass is 9.86. The van der Waals surface area contributed by atoms with Crippen LogP contribution in [0.15, 0.2) is 54.7 Å². The highest BCUT2D eigenvalue weighted by atomic mass is 16.5. The summed E-state index contributed by atoms with van der Waals surface area (Å²) in [6.45, 7) is 8.33. The van der Waals surface area contributed by atoms with Gasteiger partial charge < -0.3 is 9.47 Å². The van der Waals surface area contributed by atoms with E-state index in [1.165, 1.54) is 65.8 Å². The summed E-state index contributed by atoms with van der Waals surface area (Å²) in [6.07, 6.45) is 4.40. The van der Waals surface area contributed by atoms with E-state index in [0.29, 0.717) is 5.92 Å². The standard InChI is InChI=1S/C32H30NO2/c1-18-5-7-24-20(3)32-29(19(2)27(24)15-18)31-30-26(9-12-33(31)4)25-8-6-22(21-10-13-34-14-11-21)16-23(25)17-28(30)35-32/h5-9,12,15-17,21H,10-11,13-14H2,1-4H3/q+1. The fraction of sp³-hybridized carbons (Fsp3) is 0.281. The monoisotopic (exact) mass is 460 g/mol. The van der Waals surface area contributed by atoms with Crippen LogP contribution in [0.4, 0.5) is 0 Å². The highest BCUT2D eigenvalue weighted by molar-refractivity contribution is 6.16. The van der Waals surface area contributed by atoms with Crippen LogP contribution < -0.4 is 9.30 Å². The summed E-state index contributed by atoms with van der Waals surface area (Å²) in [5.41, 5.74) is 7.66. The fourth-order valence-corrected chi connectivity index (χ4v) is 6.38. The van der Waals surface area contributed by atoms with E-state index in [-0.39, 0.29) is 0 Å². The molecule has 3 nitrogen and oxygen atoms in total. The second-order valence-electron chi connectivity index (χ2n) is 10.4. The first-order valence-electron chi connectivity index (χ1n) is 12.7. The Morgan fingerprint density at radius 3 is 2.43 bits per heavy atom. The first kappa shape index (κ1) is 20.9.